The fourth-order valence-electron chi connectivity index (χ4n) is 2.82. The molecule has 0 saturated carbocycles. The third-order valence-electron chi connectivity index (χ3n) is 4.20. The van der Waals surface area contributed by atoms with Crippen molar-refractivity contribution in [1.82, 2.24) is 10.2 Å². The number of imide groups is 1. The lowest BCUT2D eigenvalue weighted by atomic mass is 9.98. The monoisotopic (exact) mass is 386 g/mol. The summed E-state index contributed by atoms with van der Waals surface area (Å²) in [5.74, 6) is -0.204. The number of halogens is 1. The predicted octanol–water partition coefficient (Wildman–Crippen LogP) is 2.45. The van der Waals surface area contributed by atoms with Gasteiger partial charge in [-0.05, 0) is 35.9 Å². The van der Waals surface area contributed by atoms with Crippen molar-refractivity contribution >= 4 is 29.3 Å². The fourth-order valence-corrected chi connectivity index (χ4v) is 2.94. The smallest absolute Gasteiger partial charge is 0.260 e. The Kier molecular flexibility index (Phi) is 6.08. The number of rotatable bonds is 7. The topological polar surface area (TPSA) is 75.7 Å². The van der Waals surface area contributed by atoms with Crippen LogP contribution in [0.3, 0.4) is 0 Å². The van der Waals surface area contributed by atoms with Gasteiger partial charge in [-0.15, -0.1) is 0 Å². The van der Waals surface area contributed by atoms with E-state index in [-0.39, 0.29) is 37.1 Å². The van der Waals surface area contributed by atoms with E-state index < -0.39 is 0 Å². The van der Waals surface area contributed by atoms with Crippen LogP contribution in [0, 0.1) is 0 Å². The molecule has 0 aliphatic carbocycles. The van der Waals surface area contributed by atoms with E-state index in [0.29, 0.717) is 29.5 Å². The van der Waals surface area contributed by atoms with Gasteiger partial charge in [-0.3, -0.25) is 19.3 Å². The summed E-state index contributed by atoms with van der Waals surface area (Å²) in [7, 11) is 0. The molecule has 3 rings (SSSR count). The molecule has 2 aromatic carbocycles. The lowest BCUT2D eigenvalue weighted by Gasteiger charge is -2.26. The molecule has 27 heavy (non-hydrogen) atoms. The largest absolute Gasteiger partial charge is 0.492 e. The van der Waals surface area contributed by atoms with Crippen molar-refractivity contribution in [2.24, 2.45) is 0 Å². The molecule has 7 heteroatoms. The van der Waals surface area contributed by atoms with Crippen LogP contribution in [0.2, 0.25) is 5.02 Å². The molecule has 140 valence electrons. The van der Waals surface area contributed by atoms with Gasteiger partial charge >= 0.3 is 0 Å². The molecule has 3 amide bonds. The number of ether oxygens (including phenoxy) is 1. The van der Waals surface area contributed by atoms with Crippen LogP contribution in [0.4, 0.5) is 0 Å². The maximum absolute atomic E-state index is 12.4. The second-order valence-corrected chi connectivity index (χ2v) is 6.52. The Labute approximate surface area is 162 Å². The van der Waals surface area contributed by atoms with Crippen molar-refractivity contribution in [2.45, 2.75) is 12.8 Å². The number of benzene rings is 2. The van der Waals surface area contributed by atoms with Crippen molar-refractivity contribution in [3.63, 3.8) is 0 Å². The molecule has 0 bridgehead atoms. The third-order valence-corrected chi connectivity index (χ3v) is 4.46. The number of carbonyl (C=O) groups excluding carboxylic acids is 3. The molecule has 1 heterocycles. The van der Waals surface area contributed by atoms with Crippen LogP contribution in [0.25, 0.3) is 0 Å². The van der Waals surface area contributed by atoms with Crippen LogP contribution in [0.5, 0.6) is 5.75 Å². The highest BCUT2D eigenvalue weighted by atomic mass is 35.5. The molecule has 0 aromatic heterocycles. The molecule has 6 nitrogen and oxygen atoms in total. The number of amides is 3. The zero-order chi connectivity index (χ0) is 19.2. The first-order valence-corrected chi connectivity index (χ1v) is 9.00. The summed E-state index contributed by atoms with van der Waals surface area (Å²) < 4.78 is 5.49. The first-order valence-electron chi connectivity index (χ1n) is 8.62. The highest BCUT2D eigenvalue weighted by Gasteiger charge is 2.30. The maximum atomic E-state index is 12.4. The highest BCUT2D eigenvalue weighted by molar-refractivity contribution is 6.30. The number of hydrogen-bond donors (Lipinski definition) is 1. The number of hydrogen-bond acceptors (Lipinski definition) is 4. The average Bonchev–Trinajstić information content (AvgIpc) is 2.66. The van der Waals surface area contributed by atoms with Gasteiger partial charge in [-0.2, -0.15) is 0 Å². The van der Waals surface area contributed by atoms with Gasteiger partial charge in [-0.25, -0.2) is 0 Å². The van der Waals surface area contributed by atoms with Crippen LogP contribution in [0.15, 0.2) is 48.5 Å². The van der Waals surface area contributed by atoms with Crippen molar-refractivity contribution in [3.05, 3.63) is 64.7 Å². The number of fused-ring (bicyclic) bond motifs is 1. The minimum absolute atomic E-state index is 0.0561. The molecule has 0 fully saturated rings. The highest BCUT2D eigenvalue weighted by Crippen LogP contribution is 2.19. The van der Waals surface area contributed by atoms with Gasteiger partial charge in [-0.1, -0.05) is 29.8 Å². The van der Waals surface area contributed by atoms with E-state index in [0.717, 1.165) is 10.5 Å². The summed E-state index contributed by atoms with van der Waals surface area (Å²) in [5, 5.41) is 3.34. The molecule has 0 radical (unpaired) electrons. The third kappa shape index (κ3) is 4.86. The lowest BCUT2D eigenvalue weighted by Crippen LogP contribution is -2.44. The Hall–Kier alpha value is -2.86. The van der Waals surface area contributed by atoms with Gasteiger partial charge in [0.15, 0.2) is 0 Å². The quantitative estimate of drug-likeness (QED) is 0.586. The standard InChI is InChI=1S/C20H19ClN2O4/c21-15-5-7-16(8-6-15)27-12-10-22-18(24)9-11-23-19(25)13-14-3-1-2-4-17(14)20(23)26/h1-8H,9-13H2,(H,22,24). The molecular formula is C20H19ClN2O4. The SMILES string of the molecule is O=C(CCN1C(=O)Cc2ccccc2C1=O)NCCOc1ccc(Cl)cc1. The Morgan fingerprint density at radius 2 is 1.85 bits per heavy atom. The van der Waals surface area contributed by atoms with Crippen LogP contribution in [-0.2, 0) is 16.0 Å². The lowest BCUT2D eigenvalue weighted by molar-refractivity contribution is -0.129. The molecule has 0 atom stereocenters. The van der Waals surface area contributed by atoms with Crippen LogP contribution in [0.1, 0.15) is 22.3 Å². The van der Waals surface area contributed by atoms with Gasteiger partial charge < -0.3 is 10.1 Å². The summed E-state index contributed by atoms with van der Waals surface area (Å²) in [5.41, 5.74) is 1.25. The molecule has 2 aromatic rings. The zero-order valence-corrected chi connectivity index (χ0v) is 15.4. The van der Waals surface area contributed by atoms with E-state index in [4.69, 9.17) is 16.3 Å². The second-order valence-electron chi connectivity index (χ2n) is 6.09. The van der Waals surface area contributed by atoms with Crippen molar-refractivity contribution in [2.75, 3.05) is 19.7 Å². The number of nitrogens with one attached hydrogen (secondary N) is 1. The maximum Gasteiger partial charge on any atom is 0.260 e. The van der Waals surface area contributed by atoms with E-state index >= 15 is 0 Å². The van der Waals surface area contributed by atoms with E-state index in [1.54, 1.807) is 48.5 Å². The van der Waals surface area contributed by atoms with Crippen molar-refractivity contribution in [1.29, 1.82) is 0 Å². The minimum Gasteiger partial charge on any atom is -0.492 e. The Bertz CT molecular complexity index is 851. The van der Waals surface area contributed by atoms with Gasteiger partial charge in [0.05, 0.1) is 13.0 Å². The molecule has 0 spiro atoms. The van der Waals surface area contributed by atoms with Gasteiger partial charge in [0.1, 0.15) is 12.4 Å². The summed E-state index contributed by atoms with van der Waals surface area (Å²) in [6, 6.07) is 14.0. The zero-order valence-electron chi connectivity index (χ0n) is 14.6. The van der Waals surface area contributed by atoms with Crippen LogP contribution in [-0.4, -0.2) is 42.3 Å². The summed E-state index contributed by atoms with van der Waals surface area (Å²) >= 11 is 5.80. The van der Waals surface area contributed by atoms with E-state index in [2.05, 4.69) is 5.32 Å². The molecule has 0 unspecified atom stereocenters. The molecule has 1 N–H and O–H groups in total. The average molecular weight is 387 g/mol. The normalized spacial score (nSPS) is 13.3. The van der Waals surface area contributed by atoms with Gasteiger partial charge in [0.2, 0.25) is 11.8 Å². The van der Waals surface area contributed by atoms with Crippen LogP contribution >= 0.6 is 11.6 Å². The van der Waals surface area contributed by atoms with Gasteiger partial charge in [0.25, 0.3) is 5.91 Å². The number of nitrogens with zero attached hydrogens (tertiary/aromatic N) is 1. The molecular weight excluding hydrogens is 368 g/mol. The molecule has 1 aliphatic heterocycles. The van der Waals surface area contributed by atoms with E-state index in [9.17, 15) is 14.4 Å². The predicted molar refractivity (Wildman–Crippen MR) is 101 cm³/mol. The Morgan fingerprint density at radius 3 is 2.63 bits per heavy atom. The first kappa shape index (κ1) is 18.9. The van der Waals surface area contributed by atoms with Crippen LogP contribution < -0.4 is 10.1 Å². The van der Waals surface area contributed by atoms with Gasteiger partial charge in [0, 0.05) is 23.6 Å². The Balaban J connectivity index is 1.42. The summed E-state index contributed by atoms with van der Waals surface area (Å²) in [6.07, 6.45) is 0.235. The summed E-state index contributed by atoms with van der Waals surface area (Å²) in [4.78, 5) is 37.7. The first-order chi connectivity index (χ1) is 13.0. The van der Waals surface area contributed by atoms with Crippen molar-refractivity contribution in [3.8, 4) is 5.75 Å². The summed E-state index contributed by atoms with van der Waals surface area (Å²) in [6.45, 7) is 0.699. The van der Waals surface area contributed by atoms with E-state index in [1.807, 2.05) is 0 Å². The number of carbonyl (C=O) groups is 3. The minimum atomic E-state index is -0.347. The fraction of sp³-hybridized carbons (Fsp3) is 0.250. The van der Waals surface area contributed by atoms with E-state index in [1.165, 1.54) is 0 Å². The Morgan fingerprint density at radius 1 is 1.11 bits per heavy atom. The molecule has 1 aliphatic rings. The molecule has 0 saturated heterocycles. The van der Waals surface area contributed by atoms with Crippen molar-refractivity contribution < 1.29 is 19.1 Å². The second kappa shape index (κ2) is 8.68.